The standard InChI is InChI=1S/C18H27N3O2/c1-19-18(23)8-7-17(13-22)20-16-5-3-14(4-6-16)15-9-11-21(2)12-10-15/h3-6,13,15,17,20H,7-12H2,1-2H3,(H,19,23). The number of amides is 1. The summed E-state index contributed by atoms with van der Waals surface area (Å²) in [6, 6.07) is 8.04. The van der Waals surface area contributed by atoms with Gasteiger partial charge in [-0.15, -0.1) is 0 Å². The maximum Gasteiger partial charge on any atom is 0.219 e. The van der Waals surface area contributed by atoms with E-state index in [0.29, 0.717) is 18.8 Å². The van der Waals surface area contributed by atoms with Crippen molar-refractivity contribution in [2.75, 3.05) is 32.5 Å². The molecule has 0 bridgehead atoms. The third kappa shape index (κ3) is 5.36. The molecule has 1 unspecified atom stereocenters. The van der Waals surface area contributed by atoms with Gasteiger partial charge < -0.3 is 20.3 Å². The SMILES string of the molecule is CNC(=O)CCC(C=O)Nc1ccc(C2CCN(C)CC2)cc1. The van der Waals surface area contributed by atoms with Crippen molar-refractivity contribution in [2.45, 2.75) is 37.6 Å². The number of rotatable bonds is 7. The van der Waals surface area contributed by atoms with E-state index in [1.54, 1.807) is 7.05 Å². The number of aldehydes is 1. The number of piperidine rings is 1. The molecule has 1 aromatic rings. The lowest BCUT2D eigenvalue weighted by atomic mass is 9.89. The smallest absolute Gasteiger partial charge is 0.219 e. The molecule has 1 aliphatic heterocycles. The number of likely N-dealkylation sites (tertiary alicyclic amines) is 1. The molecule has 5 nitrogen and oxygen atoms in total. The molecule has 0 saturated carbocycles. The van der Waals surface area contributed by atoms with Crippen LogP contribution < -0.4 is 10.6 Å². The molecule has 0 aliphatic carbocycles. The van der Waals surface area contributed by atoms with E-state index in [2.05, 4.69) is 34.7 Å². The van der Waals surface area contributed by atoms with Gasteiger partial charge in [0, 0.05) is 19.2 Å². The van der Waals surface area contributed by atoms with E-state index in [4.69, 9.17) is 0 Å². The molecule has 2 rings (SSSR count). The molecule has 1 amide bonds. The highest BCUT2D eigenvalue weighted by Gasteiger charge is 2.18. The number of nitrogens with one attached hydrogen (secondary N) is 2. The number of hydrogen-bond acceptors (Lipinski definition) is 4. The van der Waals surface area contributed by atoms with Gasteiger partial charge in [0.15, 0.2) is 0 Å². The van der Waals surface area contributed by atoms with Gasteiger partial charge in [0.1, 0.15) is 6.29 Å². The lowest BCUT2D eigenvalue weighted by molar-refractivity contribution is -0.120. The molecule has 126 valence electrons. The van der Waals surface area contributed by atoms with Crippen LogP contribution in [0.25, 0.3) is 0 Å². The summed E-state index contributed by atoms with van der Waals surface area (Å²) in [5.41, 5.74) is 2.30. The van der Waals surface area contributed by atoms with Gasteiger partial charge >= 0.3 is 0 Å². The lowest BCUT2D eigenvalue weighted by Crippen LogP contribution is -2.29. The second kappa shape index (κ2) is 8.67. The molecule has 1 saturated heterocycles. The first kappa shape index (κ1) is 17.5. The van der Waals surface area contributed by atoms with Crippen molar-refractivity contribution in [2.24, 2.45) is 0 Å². The molecule has 0 aromatic heterocycles. The normalized spacial score (nSPS) is 17.5. The molecule has 0 spiro atoms. The molecule has 0 radical (unpaired) electrons. The molecule has 2 N–H and O–H groups in total. The van der Waals surface area contributed by atoms with Crippen LogP contribution in [0.1, 0.15) is 37.2 Å². The Hall–Kier alpha value is -1.88. The van der Waals surface area contributed by atoms with Crippen LogP contribution in [0.4, 0.5) is 5.69 Å². The quantitative estimate of drug-likeness (QED) is 0.755. The third-order valence-electron chi connectivity index (χ3n) is 4.58. The summed E-state index contributed by atoms with van der Waals surface area (Å²) in [6.45, 7) is 2.30. The highest BCUT2D eigenvalue weighted by atomic mass is 16.1. The summed E-state index contributed by atoms with van der Waals surface area (Å²) in [5, 5.41) is 5.76. The summed E-state index contributed by atoms with van der Waals surface area (Å²) >= 11 is 0. The minimum Gasteiger partial charge on any atom is -0.376 e. The van der Waals surface area contributed by atoms with E-state index in [9.17, 15) is 9.59 Å². The summed E-state index contributed by atoms with van der Waals surface area (Å²) in [7, 11) is 3.77. The fourth-order valence-electron chi connectivity index (χ4n) is 2.99. The first-order chi connectivity index (χ1) is 11.1. The highest BCUT2D eigenvalue weighted by Crippen LogP contribution is 2.28. The summed E-state index contributed by atoms with van der Waals surface area (Å²) < 4.78 is 0. The Bertz CT molecular complexity index is 508. The van der Waals surface area contributed by atoms with Gasteiger partial charge in [0.2, 0.25) is 5.91 Å². The van der Waals surface area contributed by atoms with E-state index < -0.39 is 0 Å². The molecule has 23 heavy (non-hydrogen) atoms. The second-order valence-electron chi connectivity index (χ2n) is 6.30. The van der Waals surface area contributed by atoms with E-state index in [-0.39, 0.29) is 11.9 Å². The Morgan fingerprint density at radius 2 is 1.96 bits per heavy atom. The van der Waals surface area contributed by atoms with E-state index in [0.717, 1.165) is 25.1 Å². The molecule has 1 atom stereocenters. The number of carbonyl (C=O) groups excluding carboxylic acids is 2. The highest BCUT2D eigenvalue weighted by molar-refractivity contribution is 5.76. The van der Waals surface area contributed by atoms with Crippen LogP contribution in [0.2, 0.25) is 0 Å². The number of anilines is 1. The number of hydrogen-bond donors (Lipinski definition) is 2. The Balaban J connectivity index is 1.88. The zero-order valence-corrected chi connectivity index (χ0v) is 14.0. The number of nitrogens with zero attached hydrogens (tertiary/aromatic N) is 1. The van der Waals surface area contributed by atoms with Crippen molar-refractivity contribution < 1.29 is 9.59 Å². The van der Waals surface area contributed by atoms with Crippen LogP contribution in [0.3, 0.4) is 0 Å². The van der Waals surface area contributed by atoms with Gasteiger partial charge in [-0.3, -0.25) is 4.79 Å². The minimum atomic E-state index is -0.332. The maximum atomic E-state index is 11.3. The molecule has 1 aliphatic rings. The van der Waals surface area contributed by atoms with Crippen LogP contribution >= 0.6 is 0 Å². The van der Waals surface area contributed by atoms with E-state index in [1.165, 1.54) is 18.4 Å². The van der Waals surface area contributed by atoms with Gasteiger partial charge in [-0.2, -0.15) is 0 Å². The maximum absolute atomic E-state index is 11.3. The van der Waals surface area contributed by atoms with Crippen molar-refractivity contribution >= 4 is 17.9 Å². The predicted octanol–water partition coefficient (Wildman–Crippen LogP) is 2.00. The van der Waals surface area contributed by atoms with Crippen molar-refractivity contribution in [1.82, 2.24) is 10.2 Å². The molecule has 5 heteroatoms. The van der Waals surface area contributed by atoms with Crippen LogP contribution in [-0.2, 0) is 9.59 Å². The minimum absolute atomic E-state index is 0.0451. The molecule has 1 fully saturated rings. The van der Waals surface area contributed by atoms with Crippen molar-refractivity contribution in [1.29, 1.82) is 0 Å². The van der Waals surface area contributed by atoms with Crippen molar-refractivity contribution in [3.63, 3.8) is 0 Å². The molecule has 1 aromatic carbocycles. The third-order valence-corrected chi connectivity index (χ3v) is 4.58. The fourth-order valence-corrected chi connectivity index (χ4v) is 2.99. The Kier molecular flexibility index (Phi) is 6.59. The number of carbonyl (C=O) groups is 2. The second-order valence-corrected chi connectivity index (χ2v) is 6.30. The monoisotopic (exact) mass is 317 g/mol. The fraction of sp³-hybridized carbons (Fsp3) is 0.556. The lowest BCUT2D eigenvalue weighted by Gasteiger charge is -2.29. The first-order valence-corrected chi connectivity index (χ1v) is 8.33. The van der Waals surface area contributed by atoms with Gasteiger partial charge in [-0.25, -0.2) is 0 Å². The molecular weight excluding hydrogens is 290 g/mol. The predicted molar refractivity (Wildman–Crippen MR) is 92.7 cm³/mol. The van der Waals surface area contributed by atoms with E-state index in [1.807, 2.05) is 12.1 Å². The Morgan fingerprint density at radius 1 is 1.30 bits per heavy atom. The van der Waals surface area contributed by atoms with E-state index >= 15 is 0 Å². The molecule has 1 heterocycles. The van der Waals surface area contributed by atoms with Gasteiger partial charge in [0.25, 0.3) is 0 Å². The first-order valence-electron chi connectivity index (χ1n) is 8.33. The average Bonchev–Trinajstić information content (AvgIpc) is 2.59. The Labute approximate surface area is 138 Å². The summed E-state index contributed by atoms with van der Waals surface area (Å²) in [4.78, 5) is 24.8. The van der Waals surface area contributed by atoms with Crippen LogP contribution in [-0.4, -0.2) is 50.3 Å². The number of benzene rings is 1. The van der Waals surface area contributed by atoms with Crippen LogP contribution in [0.15, 0.2) is 24.3 Å². The average molecular weight is 317 g/mol. The zero-order valence-electron chi connectivity index (χ0n) is 14.0. The van der Waals surface area contributed by atoms with Crippen molar-refractivity contribution in [3.05, 3.63) is 29.8 Å². The largest absolute Gasteiger partial charge is 0.376 e. The van der Waals surface area contributed by atoms with Crippen LogP contribution in [0.5, 0.6) is 0 Å². The Morgan fingerprint density at radius 3 is 2.52 bits per heavy atom. The molecular formula is C18H27N3O2. The van der Waals surface area contributed by atoms with Gasteiger partial charge in [0.05, 0.1) is 6.04 Å². The van der Waals surface area contributed by atoms with Crippen molar-refractivity contribution in [3.8, 4) is 0 Å². The summed E-state index contributed by atoms with van der Waals surface area (Å²) in [6.07, 6.45) is 4.12. The summed E-state index contributed by atoms with van der Waals surface area (Å²) in [5.74, 6) is 0.589. The topological polar surface area (TPSA) is 61.4 Å². The van der Waals surface area contributed by atoms with Gasteiger partial charge in [-0.1, -0.05) is 12.1 Å². The zero-order chi connectivity index (χ0) is 16.7. The van der Waals surface area contributed by atoms with Crippen LogP contribution in [0, 0.1) is 0 Å². The van der Waals surface area contributed by atoms with Gasteiger partial charge in [-0.05, 0) is 63.0 Å².